The lowest BCUT2D eigenvalue weighted by Crippen LogP contribution is -2.04. The molecule has 0 saturated heterocycles. The summed E-state index contributed by atoms with van der Waals surface area (Å²) in [6.07, 6.45) is 1.74. The summed E-state index contributed by atoms with van der Waals surface area (Å²) in [7, 11) is 0. The van der Waals surface area contributed by atoms with Crippen molar-refractivity contribution < 1.29 is 9.84 Å². The van der Waals surface area contributed by atoms with Crippen LogP contribution in [0.2, 0.25) is 0 Å². The van der Waals surface area contributed by atoms with Gasteiger partial charge in [0, 0.05) is 5.92 Å². The fraction of sp³-hybridized carbons (Fsp3) is 0.333. The van der Waals surface area contributed by atoms with Gasteiger partial charge in [-0.1, -0.05) is 25.1 Å². The molecule has 1 aromatic rings. The van der Waals surface area contributed by atoms with Gasteiger partial charge in [0.25, 0.3) is 0 Å². The monoisotopic (exact) mass is 192 g/mol. The van der Waals surface area contributed by atoms with E-state index in [2.05, 4.69) is 13.5 Å². The predicted molar refractivity (Wildman–Crippen MR) is 57.5 cm³/mol. The maximum Gasteiger partial charge on any atom is 0.115 e. The highest BCUT2D eigenvalue weighted by atomic mass is 16.5. The molecule has 2 nitrogen and oxygen atoms in total. The SMILES string of the molecule is C=CCOCC(C)c1ccc(O)cc1. The van der Waals surface area contributed by atoms with Crippen LogP contribution in [0.3, 0.4) is 0 Å². The Balaban J connectivity index is 2.47. The molecule has 2 heteroatoms. The van der Waals surface area contributed by atoms with Gasteiger partial charge in [-0.2, -0.15) is 0 Å². The van der Waals surface area contributed by atoms with Crippen molar-refractivity contribution in [2.24, 2.45) is 0 Å². The number of ether oxygens (including phenoxy) is 1. The Morgan fingerprint density at radius 1 is 1.43 bits per heavy atom. The largest absolute Gasteiger partial charge is 0.508 e. The normalized spacial score (nSPS) is 12.4. The molecule has 0 fully saturated rings. The predicted octanol–water partition coefficient (Wildman–Crippen LogP) is 2.70. The zero-order valence-electron chi connectivity index (χ0n) is 8.44. The first kappa shape index (κ1) is 10.8. The quantitative estimate of drug-likeness (QED) is 0.574. The fourth-order valence-corrected chi connectivity index (χ4v) is 1.23. The molecule has 0 saturated carbocycles. The summed E-state index contributed by atoms with van der Waals surface area (Å²) in [5.74, 6) is 0.642. The third kappa shape index (κ3) is 3.23. The Morgan fingerprint density at radius 3 is 2.64 bits per heavy atom. The standard InChI is InChI=1S/C12H16O2/c1-3-8-14-9-10(2)11-4-6-12(13)7-5-11/h3-7,10,13H,1,8-9H2,2H3. The van der Waals surface area contributed by atoms with Crippen molar-refractivity contribution in [3.63, 3.8) is 0 Å². The Kier molecular flexibility index (Phi) is 4.20. The fourth-order valence-electron chi connectivity index (χ4n) is 1.23. The number of hydrogen-bond acceptors (Lipinski definition) is 2. The molecule has 0 heterocycles. The number of rotatable bonds is 5. The van der Waals surface area contributed by atoms with Crippen LogP contribution >= 0.6 is 0 Å². The second kappa shape index (κ2) is 5.45. The zero-order valence-corrected chi connectivity index (χ0v) is 8.44. The van der Waals surface area contributed by atoms with Crippen LogP contribution in [0.4, 0.5) is 0 Å². The van der Waals surface area contributed by atoms with E-state index >= 15 is 0 Å². The van der Waals surface area contributed by atoms with Gasteiger partial charge in [0.2, 0.25) is 0 Å². The summed E-state index contributed by atoms with van der Waals surface area (Å²) >= 11 is 0. The number of benzene rings is 1. The average Bonchev–Trinajstić information content (AvgIpc) is 2.19. The summed E-state index contributed by atoms with van der Waals surface area (Å²) < 4.78 is 5.35. The molecule has 1 aromatic carbocycles. The lowest BCUT2D eigenvalue weighted by molar-refractivity contribution is 0.150. The molecule has 0 radical (unpaired) electrons. The van der Waals surface area contributed by atoms with Crippen molar-refractivity contribution in [1.29, 1.82) is 0 Å². The molecular formula is C12H16O2. The second-order valence-electron chi connectivity index (χ2n) is 3.32. The average molecular weight is 192 g/mol. The molecule has 0 aromatic heterocycles. The highest BCUT2D eigenvalue weighted by Crippen LogP contribution is 2.18. The summed E-state index contributed by atoms with van der Waals surface area (Å²) in [5, 5.41) is 9.11. The Bertz CT molecular complexity index is 277. The van der Waals surface area contributed by atoms with Crippen molar-refractivity contribution in [3.8, 4) is 5.75 Å². The minimum Gasteiger partial charge on any atom is -0.508 e. The number of phenolic OH excluding ortho intramolecular Hbond substituents is 1. The maximum atomic E-state index is 9.11. The third-order valence-electron chi connectivity index (χ3n) is 2.07. The van der Waals surface area contributed by atoms with Crippen LogP contribution in [0.5, 0.6) is 5.75 Å². The number of phenols is 1. The van der Waals surface area contributed by atoms with Gasteiger partial charge in [0.05, 0.1) is 13.2 Å². The van der Waals surface area contributed by atoms with E-state index in [-0.39, 0.29) is 0 Å². The highest BCUT2D eigenvalue weighted by molar-refractivity contribution is 5.27. The molecule has 0 bridgehead atoms. The van der Waals surface area contributed by atoms with Crippen molar-refractivity contribution in [2.75, 3.05) is 13.2 Å². The first-order valence-electron chi connectivity index (χ1n) is 4.71. The zero-order chi connectivity index (χ0) is 10.4. The van der Waals surface area contributed by atoms with Crippen molar-refractivity contribution in [1.82, 2.24) is 0 Å². The van der Waals surface area contributed by atoms with E-state index in [1.165, 1.54) is 5.56 Å². The number of hydrogen-bond donors (Lipinski definition) is 1. The molecule has 0 amide bonds. The molecule has 1 unspecified atom stereocenters. The van der Waals surface area contributed by atoms with Gasteiger partial charge in [0.1, 0.15) is 5.75 Å². The molecule has 1 atom stereocenters. The van der Waals surface area contributed by atoms with E-state index in [9.17, 15) is 0 Å². The molecule has 0 spiro atoms. The first-order chi connectivity index (χ1) is 6.74. The summed E-state index contributed by atoms with van der Waals surface area (Å²) in [6.45, 7) is 6.94. The van der Waals surface area contributed by atoms with Gasteiger partial charge in [-0.15, -0.1) is 6.58 Å². The molecule has 0 aliphatic carbocycles. The van der Waals surface area contributed by atoms with Crippen molar-refractivity contribution >= 4 is 0 Å². The van der Waals surface area contributed by atoms with Gasteiger partial charge in [-0.3, -0.25) is 0 Å². The van der Waals surface area contributed by atoms with Gasteiger partial charge in [0.15, 0.2) is 0 Å². The van der Waals surface area contributed by atoms with Crippen molar-refractivity contribution in [3.05, 3.63) is 42.5 Å². The third-order valence-corrected chi connectivity index (χ3v) is 2.07. The highest BCUT2D eigenvalue weighted by Gasteiger charge is 2.04. The summed E-state index contributed by atoms with van der Waals surface area (Å²) in [4.78, 5) is 0. The first-order valence-corrected chi connectivity index (χ1v) is 4.71. The van der Waals surface area contributed by atoms with E-state index < -0.39 is 0 Å². The molecule has 1 rings (SSSR count). The molecule has 14 heavy (non-hydrogen) atoms. The minimum atomic E-state index is 0.299. The van der Waals surface area contributed by atoms with Crippen LogP contribution in [0.25, 0.3) is 0 Å². The smallest absolute Gasteiger partial charge is 0.115 e. The lowest BCUT2D eigenvalue weighted by Gasteiger charge is -2.11. The van der Waals surface area contributed by atoms with Crippen molar-refractivity contribution in [2.45, 2.75) is 12.8 Å². The van der Waals surface area contributed by atoms with Crippen LogP contribution in [0, 0.1) is 0 Å². The van der Waals surface area contributed by atoms with Gasteiger partial charge in [-0.25, -0.2) is 0 Å². The topological polar surface area (TPSA) is 29.5 Å². The van der Waals surface area contributed by atoms with Crippen LogP contribution in [0.1, 0.15) is 18.4 Å². The molecule has 1 N–H and O–H groups in total. The Morgan fingerprint density at radius 2 is 2.07 bits per heavy atom. The second-order valence-corrected chi connectivity index (χ2v) is 3.32. The van der Waals surface area contributed by atoms with E-state index in [1.54, 1.807) is 18.2 Å². The van der Waals surface area contributed by atoms with E-state index in [0.717, 1.165) is 0 Å². The van der Waals surface area contributed by atoms with E-state index in [4.69, 9.17) is 9.84 Å². The lowest BCUT2D eigenvalue weighted by atomic mass is 10.0. The van der Waals surface area contributed by atoms with E-state index in [0.29, 0.717) is 24.9 Å². The van der Waals surface area contributed by atoms with Gasteiger partial charge in [-0.05, 0) is 17.7 Å². The van der Waals surface area contributed by atoms with Crippen LogP contribution in [-0.2, 0) is 4.74 Å². The number of aromatic hydroxyl groups is 1. The van der Waals surface area contributed by atoms with Gasteiger partial charge < -0.3 is 9.84 Å². The molecule has 76 valence electrons. The maximum absolute atomic E-state index is 9.11. The van der Waals surface area contributed by atoms with Gasteiger partial charge >= 0.3 is 0 Å². The molecule has 0 aliphatic heterocycles. The minimum absolute atomic E-state index is 0.299. The van der Waals surface area contributed by atoms with Crippen LogP contribution in [0.15, 0.2) is 36.9 Å². The Labute approximate surface area is 84.8 Å². The Hall–Kier alpha value is -1.28. The van der Waals surface area contributed by atoms with E-state index in [1.807, 2.05) is 12.1 Å². The molecule has 0 aliphatic rings. The summed E-state index contributed by atoms with van der Waals surface area (Å²) in [5.41, 5.74) is 1.17. The van der Waals surface area contributed by atoms with Crippen LogP contribution < -0.4 is 0 Å². The summed E-state index contributed by atoms with van der Waals surface area (Å²) in [6, 6.07) is 7.22. The molecular weight excluding hydrogens is 176 g/mol. The van der Waals surface area contributed by atoms with Crippen LogP contribution in [-0.4, -0.2) is 18.3 Å².